The molecule has 0 bridgehead atoms. The number of hydrogen-bond acceptors (Lipinski definition) is 3. The molecular weight excluding hydrogens is 386 g/mol. The predicted molar refractivity (Wildman–Crippen MR) is 131 cm³/mol. The largest absolute Gasteiger partial charge is 0.274 e. The van der Waals surface area contributed by atoms with Crippen LogP contribution in [-0.4, -0.2) is 22.6 Å². The molecule has 0 aromatic carbocycles. The highest BCUT2D eigenvalue weighted by atomic mass is 16.2. The van der Waals surface area contributed by atoms with E-state index in [0.717, 1.165) is 62.7 Å². The Bertz CT molecular complexity index is 395. The lowest BCUT2D eigenvalue weighted by Gasteiger charge is -2.19. The first kappa shape index (κ1) is 29.8. The number of unbranched alkanes of at least 4 members (excludes halogenated alkanes) is 15. The minimum atomic E-state index is -0.276. The molecule has 0 saturated carbocycles. The minimum Gasteiger partial charge on any atom is -0.274 e. The molecular formula is C27H51NO3. The Hall–Kier alpha value is -1.19. The summed E-state index contributed by atoms with van der Waals surface area (Å²) in [5.74, 6) is -0.827. The summed E-state index contributed by atoms with van der Waals surface area (Å²) in [6.45, 7) is 6.56. The Kier molecular flexibility index (Phi) is 21.2. The lowest BCUT2D eigenvalue weighted by atomic mass is 10.1. The molecule has 0 aliphatic heterocycles. The predicted octanol–water partition coefficient (Wildman–Crippen LogP) is 8.12. The Labute approximate surface area is 192 Å². The summed E-state index contributed by atoms with van der Waals surface area (Å²) in [6.07, 6.45) is 20.5. The van der Waals surface area contributed by atoms with Gasteiger partial charge < -0.3 is 0 Å². The van der Waals surface area contributed by atoms with Crippen molar-refractivity contribution in [3.8, 4) is 0 Å². The maximum Gasteiger partial charge on any atom is 0.236 e. The number of nitrogens with zero attached hydrogens (tertiary/aromatic N) is 1. The number of imide groups is 3. The van der Waals surface area contributed by atoms with E-state index in [1.165, 1.54) is 57.8 Å². The molecule has 0 rings (SSSR count). The minimum absolute atomic E-state index is 0.276. The smallest absolute Gasteiger partial charge is 0.236 e. The number of rotatable bonds is 21. The third-order valence-electron chi connectivity index (χ3n) is 5.98. The zero-order valence-corrected chi connectivity index (χ0v) is 21.0. The second-order valence-corrected chi connectivity index (χ2v) is 9.07. The Morgan fingerprint density at radius 2 is 0.613 bits per heavy atom. The molecule has 31 heavy (non-hydrogen) atoms. The van der Waals surface area contributed by atoms with Gasteiger partial charge in [-0.25, -0.2) is 4.90 Å². The normalized spacial score (nSPS) is 10.9. The SMILES string of the molecule is CCCCCCCCC(=O)N(C(=O)CCCCCCCC)C(=O)CCCCCCCC. The van der Waals surface area contributed by atoms with Crippen LogP contribution in [0.1, 0.15) is 156 Å². The van der Waals surface area contributed by atoms with Gasteiger partial charge in [-0.05, 0) is 19.3 Å². The maximum absolute atomic E-state index is 12.7. The Morgan fingerprint density at radius 3 is 0.871 bits per heavy atom. The van der Waals surface area contributed by atoms with Crippen LogP contribution in [0.15, 0.2) is 0 Å². The summed E-state index contributed by atoms with van der Waals surface area (Å²) < 4.78 is 0. The van der Waals surface area contributed by atoms with E-state index >= 15 is 0 Å². The van der Waals surface area contributed by atoms with E-state index in [1.807, 2.05) is 0 Å². The van der Waals surface area contributed by atoms with Crippen molar-refractivity contribution in [3.05, 3.63) is 0 Å². The molecule has 0 atom stereocenters. The standard InChI is InChI=1S/C27H51NO3/c1-4-7-10-13-16-19-22-25(29)28(26(30)23-20-17-14-11-8-5-2)27(31)24-21-18-15-12-9-6-3/h4-24H2,1-3H3. The van der Waals surface area contributed by atoms with Crippen molar-refractivity contribution < 1.29 is 14.4 Å². The fourth-order valence-electron chi connectivity index (χ4n) is 3.92. The molecule has 0 saturated heterocycles. The highest BCUT2D eigenvalue weighted by molar-refractivity contribution is 6.10. The molecule has 4 nitrogen and oxygen atoms in total. The molecule has 0 aliphatic carbocycles. The summed E-state index contributed by atoms with van der Waals surface area (Å²) in [5, 5.41) is 0. The summed E-state index contributed by atoms with van der Waals surface area (Å²) in [5.41, 5.74) is 0. The molecule has 0 aromatic heterocycles. The van der Waals surface area contributed by atoms with Crippen molar-refractivity contribution in [1.82, 2.24) is 4.90 Å². The van der Waals surface area contributed by atoms with Gasteiger partial charge in [0.15, 0.2) is 0 Å². The van der Waals surface area contributed by atoms with Crippen molar-refractivity contribution in [2.75, 3.05) is 0 Å². The molecule has 3 amide bonds. The van der Waals surface area contributed by atoms with Crippen LogP contribution < -0.4 is 0 Å². The Balaban J connectivity index is 4.52. The highest BCUT2D eigenvalue weighted by Crippen LogP contribution is 2.14. The summed E-state index contributed by atoms with van der Waals surface area (Å²) >= 11 is 0. The van der Waals surface area contributed by atoms with Crippen molar-refractivity contribution >= 4 is 17.7 Å². The summed E-state index contributed by atoms with van der Waals surface area (Å²) in [7, 11) is 0. The van der Waals surface area contributed by atoms with E-state index in [4.69, 9.17) is 0 Å². The van der Waals surface area contributed by atoms with E-state index in [-0.39, 0.29) is 17.7 Å². The van der Waals surface area contributed by atoms with Gasteiger partial charge in [0.05, 0.1) is 0 Å². The van der Waals surface area contributed by atoms with Crippen molar-refractivity contribution in [2.45, 2.75) is 156 Å². The van der Waals surface area contributed by atoms with E-state index < -0.39 is 0 Å². The van der Waals surface area contributed by atoms with E-state index in [2.05, 4.69) is 20.8 Å². The quantitative estimate of drug-likeness (QED) is 0.170. The van der Waals surface area contributed by atoms with Crippen LogP contribution in [0.25, 0.3) is 0 Å². The molecule has 0 fully saturated rings. The fraction of sp³-hybridized carbons (Fsp3) is 0.889. The fourth-order valence-corrected chi connectivity index (χ4v) is 3.92. The van der Waals surface area contributed by atoms with Gasteiger partial charge in [-0.3, -0.25) is 14.4 Å². The molecule has 0 heterocycles. The molecule has 0 unspecified atom stereocenters. The van der Waals surface area contributed by atoms with Gasteiger partial charge in [0, 0.05) is 19.3 Å². The van der Waals surface area contributed by atoms with Gasteiger partial charge in [0.1, 0.15) is 0 Å². The monoisotopic (exact) mass is 437 g/mol. The number of amides is 3. The van der Waals surface area contributed by atoms with Gasteiger partial charge in [0.25, 0.3) is 0 Å². The molecule has 0 aliphatic rings. The second kappa shape index (κ2) is 22.0. The van der Waals surface area contributed by atoms with Gasteiger partial charge in [0.2, 0.25) is 17.7 Å². The zero-order valence-electron chi connectivity index (χ0n) is 21.0. The van der Waals surface area contributed by atoms with Crippen LogP contribution in [0.5, 0.6) is 0 Å². The lowest BCUT2D eigenvalue weighted by Crippen LogP contribution is -2.41. The third-order valence-corrected chi connectivity index (χ3v) is 5.98. The average Bonchev–Trinajstić information content (AvgIpc) is 2.75. The van der Waals surface area contributed by atoms with Gasteiger partial charge in [-0.15, -0.1) is 0 Å². The van der Waals surface area contributed by atoms with Crippen molar-refractivity contribution in [2.24, 2.45) is 0 Å². The first-order valence-corrected chi connectivity index (χ1v) is 13.5. The summed E-state index contributed by atoms with van der Waals surface area (Å²) in [4.78, 5) is 39.3. The van der Waals surface area contributed by atoms with E-state index in [0.29, 0.717) is 19.3 Å². The summed E-state index contributed by atoms with van der Waals surface area (Å²) in [6, 6.07) is 0. The molecule has 4 heteroatoms. The molecule has 0 spiro atoms. The van der Waals surface area contributed by atoms with Crippen molar-refractivity contribution in [3.63, 3.8) is 0 Å². The van der Waals surface area contributed by atoms with Crippen LogP contribution in [0.4, 0.5) is 0 Å². The third kappa shape index (κ3) is 17.1. The molecule has 0 radical (unpaired) electrons. The van der Waals surface area contributed by atoms with Gasteiger partial charge >= 0.3 is 0 Å². The lowest BCUT2D eigenvalue weighted by molar-refractivity contribution is -0.154. The van der Waals surface area contributed by atoms with Crippen molar-refractivity contribution in [1.29, 1.82) is 0 Å². The molecule has 0 aromatic rings. The number of carbonyl (C=O) groups excluding carboxylic acids is 3. The van der Waals surface area contributed by atoms with Crippen LogP contribution in [0.2, 0.25) is 0 Å². The maximum atomic E-state index is 12.7. The topological polar surface area (TPSA) is 54.5 Å². The number of hydrogen-bond donors (Lipinski definition) is 0. The van der Waals surface area contributed by atoms with Crippen LogP contribution in [-0.2, 0) is 14.4 Å². The number of carbonyl (C=O) groups is 3. The van der Waals surface area contributed by atoms with Gasteiger partial charge in [-0.1, -0.05) is 117 Å². The van der Waals surface area contributed by atoms with Gasteiger partial charge in [-0.2, -0.15) is 0 Å². The zero-order chi connectivity index (χ0) is 23.2. The van der Waals surface area contributed by atoms with Crippen LogP contribution in [0.3, 0.4) is 0 Å². The van der Waals surface area contributed by atoms with E-state index in [1.54, 1.807) is 0 Å². The first-order valence-electron chi connectivity index (χ1n) is 13.5. The molecule has 0 N–H and O–H groups in total. The van der Waals surface area contributed by atoms with E-state index in [9.17, 15) is 14.4 Å². The first-order chi connectivity index (χ1) is 15.1. The second-order valence-electron chi connectivity index (χ2n) is 9.07. The van der Waals surface area contributed by atoms with Crippen LogP contribution in [0, 0.1) is 0 Å². The average molecular weight is 438 g/mol. The molecule has 182 valence electrons. The highest BCUT2D eigenvalue weighted by Gasteiger charge is 2.26. The van der Waals surface area contributed by atoms with Crippen LogP contribution >= 0.6 is 0 Å². The Morgan fingerprint density at radius 1 is 0.387 bits per heavy atom.